The summed E-state index contributed by atoms with van der Waals surface area (Å²) in [5.74, 6) is -1.09. The fourth-order valence-corrected chi connectivity index (χ4v) is 6.57. The van der Waals surface area contributed by atoms with Crippen LogP contribution in [0.25, 0.3) is 22.3 Å². The number of benzene rings is 1. The van der Waals surface area contributed by atoms with E-state index in [4.69, 9.17) is 9.72 Å². The topological polar surface area (TPSA) is 105 Å². The SMILES string of the molecule is CC[C@@]1(O)C(=O)OCc2c1cc1n(c2=O)Cc2c-1nc1cc(F)c(C)c3c1c2[C@](C)(N(C)CCO)CC3.Cl. The summed E-state index contributed by atoms with van der Waals surface area (Å²) in [5.41, 5.74) is 2.75. The average Bonchev–Trinajstić information content (AvgIpc) is 3.24. The number of cyclic esters (lactones) is 1. The summed E-state index contributed by atoms with van der Waals surface area (Å²) < 4.78 is 21.8. The third-order valence-electron chi connectivity index (χ3n) is 8.98. The standard InChI is InChI=1S/C28H30FN3O5.ClH/c1-5-28(36)18-10-21-24-16(12-32(21)25(34)17(18)13-37-26(28)35)23-22-15(14(2)19(29)11-20(22)30-24)6-7-27(23,3)31(4)8-9-33;/h10-11,33,36H,5-9,12-13H2,1-4H3;1H/t27-,28+;/m1./s1. The minimum absolute atomic E-state index is 0. The van der Waals surface area contributed by atoms with Gasteiger partial charge in [0.2, 0.25) is 0 Å². The Morgan fingerprint density at radius 2 is 1.97 bits per heavy atom. The smallest absolute Gasteiger partial charge is 0.343 e. The zero-order valence-electron chi connectivity index (χ0n) is 21.9. The van der Waals surface area contributed by atoms with Gasteiger partial charge in [0.15, 0.2) is 5.60 Å². The van der Waals surface area contributed by atoms with Gasteiger partial charge in [0.25, 0.3) is 5.56 Å². The van der Waals surface area contributed by atoms with Crippen molar-refractivity contribution in [1.29, 1.82) is 0 Å². The number of esters is 1. The van der Waals surface area contributed by atoms with Gasteiger partial charge >= 0.3 is 5.97 Å². The lowest BCUT2D eigenvalue weighted by Crippen LogP contribution is -2.45. The zero-order chi connectivity index (χ0) is 26.4. The number of fused-ring (bicyclic) bond motifs is 5. The van der Waals surface area contributed by atoms with Crippen molar-refractivity contribution in [2.24, 2.45) is 0 Å². The molecule has 3 aromatic rings. The normalized spacial score (nSPS) is 23.1. The lowest BCUT2D eigenvalue weighted by atomic mass is 9.73. The summed E-state index contributed by atoms with van der Waals surface area (Å²) in [5, 5.41) is 21.8. The molecule has 3 aliphatic rings. The number of hydrogen-bond donors (Lipinski definition) is 2. The van der Waals surface area contributed by atoms with Gasteiger partial charge in [-0.15, -0.1) is 12.4 Å². The number of aliphatic hydroxyl groups excluding tert-OH is 1. The molecule has 0 unspecified atom stereocenters. The molecule has 0 bridgehead atoms. The summed E-state index contributed by atoms with van der Waals surface area (Å²) in [7, 11) is 1.97. The number of hydrogen-bond acceptors (Lipinski definition) is 7. The van der Waals surface area contributed by atoms with Crippen LogP contribution in [0.2, 0.25) is 0 Å². The van der Waals surface area contributed by atoms with Gasteiger partial charge in [-0.25, -0.2) is 14.2 Å². The Balaban J connectivity index is 0.00000294. The van der Waals surface area contributed by atoms with Gasteiger partial charge in [0, 0.05) is 34.7 Å². The highest BCUT2D eigenvalue weighted by Gasteiger charge is 2.47. The molecule has 0 radical (unpaired) electrons. The molecule has 10 heteroatoms. The van der Waals surface area contributed by atoms with E-state index in [1.807, 2.05) is 7.05 Å². The number of aryl methyl sites for hydroxylation is 1. The van der Waals surface area contributed by atoms with E-state index in [1.54, 1.807) is 24.5 Å². The molecule has 2 N–H and O–H groups in total. The molecular formula is C28H31ClFN3O5. The van der Waals surface area contributed by atoms with Crippen LogP contribution in [0.15, 0.2) is 16.9 Å². The fourth-order valence-electron chi connectivity index (χ4n) is 6.57. The first kappa shape index (κ1) is 26.7. The Kier molecular flexibility index (Phi) is 6.22. The van der Waals surface area contributed by atoms with Crippen molar-refractivity contribution in [2.75, 3.05) is 20.2 Å². The van der Waals surface area contributed by atoms with Crippen molar-refractivity contribution >= 4 is 29.3 Å². The Morgan fingerprint density at radius 3 is 2.66 bits per heavy atom. The van der Waals surface area contributed by atoms with Crippen LogP contribution in [0, 0.1) is 12.7 Å². The number of aromatic nitrogens is 2. The number of nitrogens with zero attached hydrogens (tertiary/aromatic N) is 3. The van der Waals surface area contributed by atoms with Crippen LogP contribution in [0.4, 0.5) is 4.39 Å². The van der Waals surface area contributed by atoms with E-state index in [-0.39, 0.29) is 61.1 Å². The van der Waals surface area contributed by atoms with E-state index in [9.17, 15) is 19.8 Å². The highest BCUT2D eigenvalue weighted by molar-refractivity contribution is 5.93. The number of likely N-dealkylation sites (N-methyl/N-ethyl adjacent to an activating group) is 1. The van der Waals surface area contributed by atoms with E-state index in [1.165, 1.54) is 6.07 Å². The Labute approximate surface area is 225 Å². The number of pyridine rings is 2. The molecule has 202 valence electrons. The van der Waals surface area contributed by atoms with E-state index in [0.717, 1.165) is 22.1 Å². The number of aliphatic hydroxyl groups is 2. The molecule has 2 aliphatic heterocycles. The maximum absolute atomic E-state index is 15.0. The quantitative estimate of drug-likeness (QED) is 0.381. The van der Waals surface area contributed by atoms with Gasteiger partial charge in [-0.2, -0.15) is 0 Å². The van der Waals surface area contributed by atoms with Gasteiger partial charge in [-0.3, -0.25) is 9.69 Å². The molecular weight excluding hydrogens is 513 g/mol. The van der Waals surface area contributed by atoms with Crippen LogP contribution in [0.5, 0.6) is 0 Å². The summed E-state index contributed by atoms with van der Waals surface area (Å²) in [6.07, 6.45) is 1.44. The zero-order valence-corrected chi connectivity index (χ0v) is 22.7. The second kappa shape index (κ2) is 8.84. The van der Waals surface area contributed by atoms with Crippen LogP contribution < -0.4 is 5.56 Å². The number of carbonyl (C=O) groups is 1. The van der Waals surface area contributed by atoms with Crippen molar-refractivity contribution < 1.29 is 24.1 Å². The highest BCUT2D eigenvalue weighted by Crippen LogP contribution is 2.49. The van der Waals surface area contributed by atoms with E-state index in [2.05, 4.69) is 11.8 Å². The summed E-state index contributed by atoms with van der Waals surface area (Å²) in [6, 6.07) is 3.13. The number of rotatable bonds is 4. The van der Waals surface area contributed by atoms with Crippen molar-refractivity contribution in [1.82, 2.24) is 14.5 Å². The molecule has 2 aromatic heterocycles. The van der Waals surface area contributed by atoms with E-state index >= 15 is 4.39 Å². The Bertz CT molecular complexity index is 1590. The predicted octanol–water partition coefficient (Wildman–Crippen LogP) is 3.03. The monoisotopic (exact) mass is 543 g/mol. The van der Waals surface area contributed by atoms with Gasteiger partial charge < -0.3 is 19.5 Å². The molecule has 0 saturated carbocycles. The molecule has 4 heterocycles. The maximum atomic E-state index is 15.0. The van der Waals surface area contributed by atoms with Crippen LogP contribution >= 0.6 is 12.4 Å². The van der Waals surface area contributed by atoms with Crippen molar-refractivity contribution in [3.8, 4) is 11.4 Å². The maximum Gasteiger partial charge on any atom is 0.343 e. The first-order valence-corrected chi connectivity index (χ1v) is 12.7. The highest BCUT2D eigenvalue weighted by atomic mass is 35.5. The lowest BCUT2D eigenvalue weighted by molar-refractivity contribution is -0.172. The Morgan fingerprint density at radius 1 is 1.24 bits per heavy atom. The summed E-state index contributed by atoms with van der Waals surface area (Å²) >= 11 is 0. The average molecular weight is 544 g/mol. The first-order valence-electron chi connectivity index (χ1n) is 12.7. The third kappa shape index (κ3) is 3.28. The molecule has 1 aromatic carbocycles. The third-order valence-corrected chi connectivity index (χ3v) is 8.98. The molecule has 2 atom stereocenters. The van der Waals surface area contributed by atoms with Crippen molar-refractivity contribution in [3.63, 3.8) is 0 Å². The van der Waals surface area contributed by atoms with Crippen molar-refractivity contribution in [2.45, 2.75) is 64.3 Å². The van der Waals surface area contributed by atoms with E-state index in [0.29, 0.717) is 41.9 Å². The first-order chi connectivity index (χ1) is 17.6. The second-order valence-electron chi connectivity index (χ2n) is 10.7. The van der Waals surface area contributed by atoms with Crippen LogP contribution in [0.3, 0.4) is 0 Å². The molecule has 1 aliphatic carbocycles. The van der Waals surface area contributed by atoms with Crippen molar-refractivity contribution in [3.05, 3.63) is 61.7 Å². The second-order valence-corrected chi connectivity index (χ2v) is 10.7. The molecule has 38 heavy (non-hydrogen) atoms. The minimum Gasteiger partial charge on any atom is -0.458 e. The van der Waals surface area contributed by atoms with Gasteiger partial charge in [0.05, 0.1) is 35.6 Å². The largest absolute Gasteiger partial charge is 0.458 e. The molecule has 0 spiro atoms. The molecule has 8 nitrogen and oxygen atoms in total. The van der Waals surface area contributed by atoms with Gasteiger partial charge in [0.1, 0.15) is 12.4 Å². The molecule has 6 rings (SSSR count). The predicted molar refractivity (Wildman–Crippen MR) is 142 cm³/mol. The summed E-state index contributed by atoms with van der Waals surface area (Å²) in [6.45, 7) is 6.10. The van der Waals surface area contributed by atoms with E-state index < -0.39 is 17.1 Å². The minimum atomic E-state index is -1.91. The summed E-state index contributed by atoms with van der Waals surface area (Å²) in [4.78, 5) is 33.2. The molecule has 0 fully saturated rings. The number of carbonyl (C=O) groups excluding carboxylic acids is 1. The molecule has 0 amide bonds. The van der Waals surface area contributed by atoms with Crippen LogP contribution in [-0.4, -0.2) is 50.8 Å². The van der Waals surface area contributed by atoms with Crippen LogP contribution in [0.1, 0.15) is 60.1 Å². The number of ether oxygens (including phenoxy) is 1. The van der Waals surface area contributed by atoms with Gasteiger partial charge in [-0.1, -0.05) is 6.92 Å². The number of halogens is 2. The molecule has 0 saturated heterocycles. The Hall–Kier alpha value is -2.85. The lowest BCUT2D eigenvalue weighted by Gasteiger charge is -2.44. The van der Waals surface area contributed by atoms with Gasteiger partial charge in [-0.05, 0) is 62.9 Å². The fraction of sp³-hybridized carbons (Fsp3) is 0.464. The van der Waals surface area contributed by atoms with Crippen LogP contribution in [-0.2, 0) is 40.2 Å².